The highest BCUT2D eigenvalue weighted by Gasteiger charge is 2.28. The Morgan fingerprint density at radius 1 is 1.09 bits per heavy atom. The lowest BCUT2D eigenvalue weighted by atomic mass is 9.97. The maximum Gasteiger partial charge on any atom is 0.321 e. The Balaban J connectivity index is 1.39. The lowest BCUT2D eigenvalue weighted by Crippen LogP contribution is -2.42. The van der Waals surface area contributed by atoms with Crippen LogP contribution < -0.4 is 10.1 Å². The third-order valence-corrected chi connectivity index (χ3v) is 6.82. The number of benzene rings is 2. The molecule has 1 saturated heterocycles. The van der Waals surface area contributed by atoms with Crippen molar-refractivity contribution in [1.29, 1.82) is 0 Å². The molecule has 35 heavy (non-hydrogen) atoms. The van der Waals surface area contributed by atoms with Gasteiger partial charge in [0.1, 0.15) is 11.6 Å². The summed E-state index contributed by atoms with van der Waals surface area (Å²) in [6.45, 7) is 5.72. The number of fused-ring (bicyclic) bond motifs is 1. The van der Waals surface area contributed by atoms with E-state index < -0.39 is 0 Å². The molecule has 1 aliphatic rings. The van der Waals surface area contributed by atoms with E-state index in [4.69, 9.17) is 9.72 Å². The van der Waals surface area contributed by atoms with Crippen LogP contribution >= 0.6 is 0 Å². The summed E-state index contributed by atoms with van der Waals surface area (Å²) in [6, 6.07) is 22.2. The second-order valence-electron chi connectivity index (χ2n) is 9.50. The van der Waals surface area contributed by atoms with Crippen LogP contribution in [0.25, 0.3) is 16.8 Å². The zero-order valence-electron chi connectivity index (χ0n) is 20.6. The van der Waals surface area contributed by atoms with Crippen molar-refractivity contribution in [2.45, 2.75) is 38.5 Å². The van der Waals surface area contributed by atoms with Gasteiger partial charge < -0.3 is 19.4 Å². The maximum atomic E-state index is 13.1. The highest BCUT2D eigenvalue weighted by molar-refractivity contribution is 5.89. The van der Waals surface area contributed by atoms with Crippen LogP contribution in [0.5, 0.6) is 5.75 Å². The molecular weight excluding hydrogens is 436 g/mol. The zero-order chi connectivity index (χ0) is 24.4. The number of urea groups is 1. The number of anilines is 1. The smallest absolute Gasteiger partial charge is 0.321 e. The second-order valence-corrected chi connectivity index (χ2v) is 9.50. The van der Waals surface area contributed by atoms with Crippen LogP contribution in [-0.2, 0) is 0 Å². The molecule has 0 spiro atoms. The number of aromatic nitrogens is 2. The average molecular weight is 469 g/mol. The summed E-state index contributed by atoms with van der Waals surface area (Å²) in [5, 5.41) is 3.08. The molecule has 5 rings (SSSR count). The molecule has 0 unspecified atom stereocenters. The van der Waals surface area contributed by atoms with E-state index in [0.29, 0.717) is 12.5 Å². The summed E-state index contributed by atoms with van der Waals surface area (Å²) >= 11 is 0. The van der Waals surface area contributed by atoms with E-state index in [9.17, 15) is 4.79 Å². The van der Waals surface area contributed by atoms with Crippen molar-refractivity contribution in [3.05, 3.63) is 84.3 Å². The molecule has 6 nitrogen and oxygen atoms in total. The quantitative estimate of drug-likeness (QED) is 0.362. The summed E-state index contributed by atoms with van der Waals surface area (Å²) < 4.78 is 7.61. The molecule has 180 valence electrons. The molecule has 0 saturated carbocycles. The number of hydrogen-bond acceptors (Lipinski definition) is 3. The van der Waals surface area contributed by atoms with Gasteiger partial charge in [-0.3, -0.25) is 0 Å². The van der Waals surface area contributed by atoms with E-state index in [-0.39, 0.29) is 11.9 Å². The molecule has 4 aromatic rings. The molecule has 1 atom stereocenters. The minimum absolute atomic E-state index is 0.0547. The number of amides is 2. The predicted octanol–water partition coefficient (Wildman–Crippen LogP) is 6.54. The number of likely N-dealkylation sites (tertiary alicyclic amines) is 1. The SMILES string of the molecule is COc1cccc(-c2nc([C@@H]3CCCN(C(=O)Nc4ccc(C(C)C)cc4)C3)n3ccccc23)c1. The molecule has 0 aliphatic carbocycles. The Morgan fingerprint density at radius 2 is 1.91 bits per heavy atom. The number of carbonyl (C=O) groups is 1. The third kappa shape index (κ3) is 4.74. The van der Waals surface area contributed by atoms with Crippen LogP contribution in [0.2, 0.25) is 0 Å². The van der Waals surface area contributed by atoms with Gasteiger partial charge in [0.05, 0.1) is 18.3 Å². The molecule has 1 N–H and O–H groups in total. The molecule has 1 aliphatic heterocycles. The third-order valence-electron chi connectivity index (χ3n) is 6.82. The highest BCUT2D eigenvalue weighted by atomic mass is 16.5. The molecule has 1 fully saturated rings. The van der Waals surface area contributed by atoms with E-state index in [1.54, 1.807) is 7.11 Å². The highest BCUT2D eigenvalue weighted by Crippen LogP contribution is 2.33. The molecule has 2 amide bonds. The summed E-state index contributed by atoms with van der Waals surface area (Å²) in [7, 11) is 1.68. The number of carbonyl (C=O) groups excluding carboxylic acids is 1. The monoisotopic (exact) mass is 468 g/mol. The van der Waals surface area contributed by atoms with Crippen molar-refractivity contribution >= 4 is 17.2 Å². The van der Waals surface area contributed by atoms with Gasteiger partial charge in [0.2, 0.25) is 0 Å². The normalized spacial score (nSPS) is 16.0. The van der Waals surface area contributed by atoms with Gasteiger partial charge in [-0.1, -0.05) is 44.2 Å². The molecule has 0 radical (unpaired) electrons. The van der Waals surface area contributed by atoms with Crippen molar-refractivity contribution < 1.29 is 9.53 Å². The van der Waals surface area contributed by atoms with Crippen molar-refractivity contribution in [3.8, 4) is 17.0 Å². The van der Waals surface area contributed by atoms with Gasteiger partial charge in [-0.25, -0.2) is 9.78 Å². The van der Waals surface area contributed by atoms with Crippen molar-refractivity contribution in [2.24, 2.45) is 0 Å². The number of ether oxygens (including phenoxy) is 1. The number of hydrogen-bond donors (Lipinski definition) is 1. The zero-order valence-corrected chi connectivity index (χ0v) is 20.6. The number of piperidine rings is 1. The van der Waals surface area contributed by atoms with Crippen LogP contribution in [-0.4, -0.2) is 40.5 Å². The van der Waals surface area contributed by atoms with Crippen molar-refractivity contribution in [3.63, 3.8) is 0 Å². The average Bonchev–Trinajstić information content (AvgIpc) is 3.29. The van der Waals surface area contributed by atoms with Gasteiger partial charge >= 0.3 is 6.03 Å². The van der Waals surface area contributed by atoms with E-state index in [2.05, 4.69) is 54.0 Å². The number of rotatable bonds is 5. The Labute approximate surface area is 206 Å². The fraction of sp³-hybridized carbons (Fsp3) is 0.310. The second kappa shape index (κ2) is 9.82. The van der Waals surface area contributed by atoms with Gasteiger partial charge in [-0.05, 0) is 60.7 Å². The molecule has 3 heterocycles. The first-order valence-corrected chi connectivity index (χ1v) is 12.3. The van der Waals surface area contributed by atoms with Gasteiger partial charge in [0, 0.05) is 36.5 Å². The van der Waals surface area contributed by atoms with Crippen molar-refractivity contribution in [2.75, 3.05) is 25.5 Å². The Morgan fingerprint density at radius 3 is 2.69 bits per heavy atom. The number of methoxy groups -OCH3 is 1. The summed E-state index contributed by atoms with van der Waals surface area (Å²) in [6.07, 6.45) is 4.01. The lowest BCUT2D eigenvalue weighted by molar-refractivity contribution is 0.191. The van der Waals surface area contributed by atoms with Gasteiger partial charge in [0.25, 0.3) is 0 Å². The fourth-order valence-electron chi connectivity index (χ4n) is 4.86. The van der Waals surface area contributed by atoms with E-state index >= 15 is 0 Å². The van der Waals surface area contributed by atoms with Crippen LogP contribution in [0.1, 0.15) is 49.9 Å². The van der Waals surface area contributed by atoms with Crippen LogP contribution in [0.3, 0.4) is 0 Å². The Hall–Kier alpha value is -3.80. The molecule has 6 heteroatoms. The lowest BCUT2D eigenvalue weighted by Gasteiger charge is -2.32. The number of nitrogens with one attached hydrogen (secondary N) is 1. The van der Waals surface area contributed by atoms with Gasteiger partial charge in [-0.2, -0.15) is 0 Å². The first kappa shape index (κ1) is 23.0. The van der Waals surface area contributed by atoms with Gasteiger partial charge in [-0.15, -0.1) is 0 Å². The number of pyridine rings is 1. The van der Waals surface area contributed by atoms with Crippen molar-refractivity contribution in [1.82, 2.24) is 14.3 Å². The van der Waals surface area contributed by atoms with Crippen LogP contribution in [0, 0.1) is 0 Å². The van der Waals surface area contributed by atoms with E-state index in [1.165, 1.54) is 5.56 Å². The standard InChI is InChI=1S/C29H32N4O2/c1-20(2)21-12-14-24(15-13-21)30-29(34)32-16-7-9-23(19-32)28-31-27(26-11-4-5-17-33(26)28)22-8-6-10-25(18-22)35-3/h4-6,8,10-15,17-18,20,23H,7,9,16,19H2,1-3H3,(H,30,34)/t23-/m1/s1. The number of nitrogens with zero attached hydrogens (tertiary/aromatic N) is 3. The molecular formula is C29H32N4O2. The first-order valence-electron chi connectivity index (χ1n) is 12.3. The predicted molar refractivity (Wildman–Crippen MR) is 140 cm³/mol. The summed E-state index contributed by atoms with van der Waals surface area (Å²) in [5.41, 5.74) is 5.11. The maximum absolute atomic E-state index is 13.1. The van der Waals surface area contributed by atoms with E-state index in [0.717, 1.165) is 53.4 Å². The summed E-state index contributed by atoms with van der Waals surface area (Å²) in [5.74, 6) is 2.43. The largest absolute Gasteiger partial charge is 0.497 e. The minimum atomic E-state index is -0.0547. The summed E-state index contributed by atoms with van der Waals surface area (Å²) in [4.78, 5) is 20.1. The van der Waals surface area contributed by atoms with Gasteiger partial charge in [0.15, 0.2) is 0 Å². The van der Waals surface area contributed by atoms with Crippen LogP contribution in [0.15, 0.2) is 72.9 Å². The number of imidazole rings is 1. The topological polar surface area (TPSA) is 58.9 Å². The van der Waals surface area contributed by atoms with Crippen LogP contribution in [0.4, 0.5) is 10.5 Å². The first-order chi connectivity index (χ1) is 17.0. The molecule has 2 aromatic heterocycles. The fourth-order valence-corrected chi connectivity index (χ4v) is 4.86. The molecule has 0 bridgehead atoms. The Bertz CT molecular complexity index is 1330. The Kier molecular flexibility index (Phi) is 6.45. The molecule has 2 aromatic carbocycles. The minimum Gasteiger partial charge on any atom is -0.497 e. The van der Waals surface area contributed by atoms with E-state index in [1.807, 2.05) is 47.4 Å².